The van der Waals surface area contributed by atoms with E-state index in [0.717, 1.165) is 11.4 Å². The maximum Gasteiger partial charge on any atom is 0.289 e. The molecule has 8 nitrogen and oxygen atoms in total. The zero-order valence-corrected chi connectivity index (χ0v) is 11.8. The molecule has 0 aliphatic carbocycles. The van der Waals surface area contributed by atoms with E-state index >= 15 is 0 Å². The molecule has 0 atom stereocenters. The van der Waals surface area contributed by atoms with Crippen molar-refractivity contribution in [3.05, 3.63) is 52.2 Å². The van der Waals surface area contributed by atoms with E-state index in [1.807, 2.05) is 6.07 Å². The maximum atomic E-state index is 10.7. The first kappa shape index (κ1) is 13.9. The van der Waals surface area contributed by atoms with Crippen molar-refractivity contribution in [3.8, 4) is 5.75 Å². The molecular weight excluding hydrogens is 286 g/mol. The molecule has 112 valence electrons. The first-order chi connectivity index (χ1) is 10.7. The van der Waals surface area contributed by atoms with E-state index in [9.17, 15) is 10.1 Å². The molecule has 3 heterocycles. The lowest BCUT2D eigenvalue weighted by atomic mass is 10.2. The average molecular weight is 299 g/mol. The predicted octanol–water partition coefficient (Wildman–Crippen LogP) is 2.05. The lowest BCUT2D eigenvalue weighted by molar-refractivity contribution is -0.385. The second-order valence-electron chi connectivity index (χ2n) is 4.69. The molecule has 0 amide bonds. The smallest absolute Gasteiger partial charge is 0.289 e. The second-order valence-corrected chi connectivity index (χ2v) is 4.69. The summed E-state index contributed by atoms with van der Waals surface area (Å²) in [5.74, 6) is 1.47. The van der Waals surface area contributed by atoms with Gasteiger partial charge in [-0.3, -0.25) is 15.1 Å². The molecule has 0 aliphatic heterocycles. The summed E-state index contributed by atoms with van der Waals surface area (Å²) in [6, 6.07) is 5.06. The van der Waals surface area contributed by atoms with Crippen LogP contribution in [0.2, 0.25) is 0 Å². The molecule has 0 bridgehead atoms. The number of pyridine rings is 2. The van der Waals surface area contributed by atoms with E-state index in [1.54, 1.807) is 19.4 Å². The number of aromatic amines is 1. The summed E-state index contributed by atoms with van der Waals surface area (Å²) in [5, 5.41) is 10.7. The Bertz CT molecular complexity index is 830. The molecule has 3 aromatic heterocycles. The Hall–Kier alpha value is -3.03. The molecule has 0 unspecified atom stereocenters. The number of nitro groups is 1. The van der Waals surface area contributed by atoms with Crippen LogP contribution in [-0.4, -0.2) is 32.0 Å². The minimum absolute atomic E-state index is 0.0694. The van der Waals surface area contributed by atoms with Crippen molar-refractivity contribution in [3.63, 3.8) is 0 Å². The van der Waals surface area contributed by atoms with Gasteiger partial charge >= 0.3 is 0 Å². The fourth-order valence-electron chi connectivity index (χ4n) is 2.12. The normalized spacial score (nSPS) is 10.8. The molecule has 8 heteroatoms. The van der Waals surface area contributed by atoms with Crippen molar-refractivity contribution in [2.45, 2.75) is 12.8 Å². The second kappa shape index (κ2) is 5.76. The molecule has 22 heavy (non-hydrogen) atoms. The van der Waals surface area contributed by atoms with Crippen LogP contribution < -0.4 is 4.74 Å². The minimum Gasteiger partial charge on any atom is -0.497 e. The number of nitrogens with one attached hydrogen (secondary N) is 1. The quantitative estimate of drug-likeness (QED) is 0.570. The van der Waals surface area contributed by atoms with Crippen LogP contribution in [-0.2, 0) is 12.8 Å². The number of fused-ring (bicyclic) bond motifs is 1. The van der Waals surface area contributed by atoms with Gasteiger partial charge < -0.3 is 9.72 Å². The summed E-state index contributed by atoms with van der Waals surface area (Å²) in [7, 11) is 1.61. The average Bonchev–Trinajstić information content (AvgIpc) is 2.95. The summed E-state index contributed by atoms with van der Waals surface area (Å²) in [6.07, 6.45) is 4.22. The summed E-state index contributed by atoms with van der Waals surface area (Å²) >= 11 is 0. The third-order valence-electron chi connectivity index (χ3n) is 3.22. The Kier molecular flexibility index (Phi) is 3.65. The van der Waals surface area contributed by atoms with Crippen LogP contribution in [0.15, 0.2) is 30.6 Å². The molecule has 3 rings (SSSR count). The molecule has 0 radical (unpaired) electrons. The zero-order valence-electron chi connectivity index (χ0n) is 11.8. The van der Waals surface area contributed by atoms with Gasteiger partial charge in [0, 0.05) is 30.4 Å². The molecule has 0 fully saturated rings. The van der Waals surface area contributed by atoms with Gasteiger partial charge in [0.25, 0.3) is 5.69 Å². The Labute approximate surface area is 125 Å². The SMILES string of the molecule is COc1ccnc(CCc2nc3cc([N+](=O)[O-])cnc3[nH]2)c1. The van der Waals surface area contributed by atoms with Crippen LogP contribution in [0, 0.1) is 10.1 Å². The van der Waals surface area contributed by atoms with E-state index in [1.165, 1.54) is 12.3 Å². The van der Waals surface area contributed by atoms with E-state index in [2.05, 4.69) is 19.9 Å². The highest BCUT2D eigenvalue weighted by atomic mass is 16.6. The van der Waals surface area contributed by atoms with E-state index in [0.29, 0.717) is 29.8 Å². The topological polar surface area (TPSA) is 107 Å². The number of ether oxygens (including phenoxy) is 1. The number of imidazole rings is 1. The van der Waals surface area contributed by atoms with Crippen LogP contribution in [0.3, 0.4) is 0 Å². The lowest BCUT2D eigenvalue weighted by Crippen LogP contribution is -1.96. The number of hydrogen-bond acceptors (Lipinski definition) is 6. The Balaban J connectivity index is 1.77. The molecule has 0 saturated carbocycles. The molecular formula is C14H13N5O3. The van der Waals surface area contributed by atoms with E-state index in [-0.39, 0.29) is 5.69 Å². The third kappa shape index (κ3) is 2.85. The summed E-state index contributed by atoms with van der Waals surface area (Å²) < 4.78 is 5.15. The molecule has 0 saturated heterocycles. The lowest BCUT2D eigenvalue weighted by Gasteiger charge is -2.02. The fraction of sp³-hybridized carbons (Fsp3) is 0.214. The number of aryl methyl sites for hydroxylation is 2. The fourth-order valence-corrected chi connectivity index (χ4v) is 2.12. The minimum atomic E-state index is -0.485. The van der Waals surface area contributed by atoms with E-state index in [4.69, 9.17) is 4.74 Å². The van der Waals surface area contributed by atoms with Gasteiger partial charge in [0.1, 0.15) is 23.3 Å². The third-order valence-corrected chi connectivity index (χ3v) is 3.22. The van der Waals surface area contributed by atoms with Gasteiger partial charge in [0.15, 0.2) is 5.65 Å². The van der Waals surface area contributed by atoms with Crippen LogP contribution in [0.1, 0.15) is 11.5 Å². The highest BCUT2D eigenvalue weighted by Crippen LogP contribution is 2.17. The summed E-state index contributed by atoms with van der Waals surface area (Å²) in [4.78, 5) is 25.9. The first-order valence-electron chi connectivity index (χ1n) is 6.63. The number of aromatic nitrogens is 4. The van der Waals surface area contributed by atoms with E-state index < -0.39 is 4.92 Å². The van der Waals surface area contributed by atoms with Crippen LogP contribution in [0.5, 0.6) is 5.75 Å². The van der Waals surface area contributed by atoms with Crippen molar-refractivity contribution in [1.82, 2.24) is 19.9 Å². The molecule has 0 spiro atoms. The van der Waals surface area contributed by atoms with Gasteiger partial charge in [-0.2, -0.15) is 0 Å². The number of rotatable bonds is 5. The highest BCUT2D eigenvalue weighted by molar-refractivity contribution is 5.72. The predicted molar refractivity (Wildman–Crippen MR) is 78.7 cm³/mol. The van der Waals surface area contributed by atoms with Gasteiger partial charge in [-0.15, -0.1) is 0 Å². The maximum absolute atomic E-state index is 10.7. The Morgan fingerprint density at radius 1 is 1.32 bits per heavy atom. The Morgan fingerprint density at radius 3 is 2.95 bits per heavy atom. The monoisotopic (exact) mass is 299 g/mol. The standard InChI is InChI=1S/C14H13N5O3/c1-22-11-4-5-15-9(6-11)2-3-13-17-12-7-10(19(20)21)8-16-14(12)18-13/h4-8H,2-3H2,1H3,(H,16,17,18). The Morgan fingerprint density at radius 2 is 2.18 bits per heavy atom. The van der Waals surface area contributed by atoms with Crippen LogP contribution in [0.25, 0.3) is 11.2 Å². The van der Waals surface area contributed by atoms with Gasteiger partial charge in [-0.05, 0) is 12.5 Å². The first-order valence-corrected chi connectivity index (χ1v) is 6.63. The van der Waals surface area contributed by atoms with Crippen molar-refractivity contribution in [2.75, 3.05) is 7.11 Å². The molecule has 0 aliphatic rings. The highest BCUT2D eigenvalue weighted by Gasteiger charge is 2.11. The van der Waals surface area contributed by atoms with Crippen LogP contribution in [0.4, 0.5) is 5.69 Å². The zero-order chi connectivity index (χ0) is 15.5. The number of nitrogens with zero attached hydrogens (tertiary/aromatic N) is 4. The largest absolute Gasteiger partial charge is 0.497 e. The molecule has 0 aromatic carbocycles. The summed E-state index contributed by atoms with van der Waals surface area (Å²) in [6.45, 7) is 0. The number of hydrogen-bond donors (Lipinski definition) is 1. The van der Waals surface area contributed by atoms with Crippen molar-refractivity contribution in [2.24, 2.45) is 0 Å². The van der Waals surface area contributed by atoms with Crippen molar-refractivity contribution in [1.29, 1.82) is 0 Å². The number of H-pyrrole nitrogens is 1. The van der Waals surface area contributed by atoms with Crippen molar-refractivity contribution < 1.29 is 9.66 Å². The van der Waals surface area contributed by atoms with Gasteiger partial charge in [-0.1, -0.05) is 0 Å². The van der Waals surface area contributed by atoms with Gasteiger partial charge in [0.2, 0.25) is 0 Å². The number of methoxy groups -OCH3 is 1. The molecule has 3 aromatic rings. The van der Waals surface area contributed by atoms with Crippen molar-refractivity contribution >= 4 is 16.9 Å². The molecule has 1 N–H and O–H groups in total. The van der Waals surface area contributed by atoms with Crippen LogP contribution >= 0.6 is 0 Å². The summed E-state index contributed by atoms with van der Waals surface area (Å²) in [5.41, 5.74) is 1.85. The van der Waals surface area contributed by atoms with Gasteiger partial charge in [0.05, 0.1) is 12.0 Å². The van der Waals surface area contributed by atoms with Gasteiger partial charge in [-0.25, -0.2) is 9.97 Å².